The molecule has 0 amide bonds. The van der Waals surface area contributed by atoms with Gasteiger partial charge in [0, 0.05) is 0 Å². The maximum atomic E-state index is 9.99. The van der Waals surface area contributed by atoms with Crippen molar-refractivity contribution in [2.45, 2.75) is 77.4 Å². The Bertz CT molecular complexity index is 514. The molecule has 3 aliphatic rings. The largest absolute Gasteiger partial charge is 0.388 e. The summed E-state index contributed by atoms with van der Waals surface area (Å²) in [7, 11) is 0. The molecule has 0 radical (unpaired) electrons. The summed E-state index contributed by atoms with van der Waals surface area (Å²) in [6.45, 7) is 8.64. The van der Waals surface area contributed by atoms with E-state index in [4.69, 9.17) is 0 Å². The second-order valence-electron chi connectivity index (χ2n) is 8.18. The number of aliphatic hydroxyl groups is 2. The maximum Gasteiger partial charge on any atom is 0.0809 e. The van der Waals surface area contributed by atoms with Crippen LogP contribution in [-0.2, 0) is 0 Å². The van der Waals surface area contributed by atoms with E-state index in [9.17, 15) is 10.2 Å². The Kier molecular flexibility index (Phi) is 4.85. The summed E-state index contributed by atoms with van der Waals surface area (Å²) in [5.41, 5.74) is 3.83. The van der Waals surface area contributed by atoms with Crippen molar-refractivity contribution in [3.8, 4) is 0 Å². The average molecular weight is 316 g/mol. The molecule has 2 nitrogen and oxygen atoms in total. The molecule has 23 heavy (non-hydrogen) atoms. The van der Waals surface area contributed by atoms with E-state index in [1.165, 1.54) is 38.5 Å². The lowest BCUT2D eigenvalue weighted by atomic mass is 9.63. The second kappa shape index (κ2) is 6.57. The third-order valence-electron chi connectivity index (χ3n) is 6.95. The van der Waals surface area contributed by atoms with E-state index >= 15 is 0 Å². The lowest BCUT2D eigenvalue weighted by Crippen LogP contribution is -2.33. The number of rotatable bonds is 2. The average Bonchev–Trinajstić information content (AvgIpc) is 2.87. The van der Waals surface area contributed by atoms with Crippen LogP contribution in [0.2, 0.25) is 0 Å². The van der Waals surface area contributed by atoms with Crippen LogP contribution in [0.5, 0.6) is 0 Å². The van der Waals surface area contributed by atoms with Crippen LogP contribution in [0.25, 0.3) is 0 Å². The minimum atomic E-state index is -0.587. The van der Waals surface area contributed by atoms with E-state index in [1.807, 2.05) is 0 Å². The maximum absolute atomic E-state index is 9.99. The summed E-state index contributed by atoms with van der Waals surface area (Å²) in [6, 6.07) is 0. The number of hydrogen-bond donors (Lipinski definition) is 2. The minimum absolute atomic E-state index is 0.497. The van der Waals surface area contributed by atoms with Crippen molar-refractivity contribution in [2.75, 3.05) is 0 Å². The van der Waals surface area contributed by atoms with Crippen LogP contribution in [0, 0.1) is 17.3 Å². The van der Waals surface area contributed by atoms with Gasteiger partial charge in [-0.3, -0.25) is 0 Å². The third-order valence-corrected chi connectivity index (χ3v) is 6.95. The Balaban J connectivity index is 1.77. The summed E-state index contributed by atoms with van der Waals surface area (Å²) < 4.78 is 0. The highest BCUT2D eigenvalue weighted by Crippen LogP contribution is 2.58. The van der Waals surface area contributed by atoms with Gasteiger partial charge in [-0.05, 0) is 67.8 Å². The first-order valence-electron chi connectivity index (χ1n) is 9.39. The lowest BCUT2D eigenvalue weighted by molar-refractivity contribution is 0.123. The molecule has 0 heterocycles. The first kappa shape index (κ1) is 17.0. The zero-order valence-corrected chi connectivity index (χ0v) is 14.7. The molecule has 2 unspecified atom stereocenters. The van der Waals surface area contributed by atoms with Gasteiger partial charge < -0.3 is 10.2 Å². The van der Waals surface area contributed by atoms with Gasteiger partial charge in [0.25, 0.3) is 0 Å². The predicted octanol–water partition coefficient (Wildman–Crippen LogP) is 4.54. The molecule has 3 rings (SSSR count). The van der Waals surface area contributed by atoms with Crippen molar-refractivity contribution >= 4 is 0 Å². The van der Waals surface area contributed by atoms with Crippen LogP contribution in [0.4, 0.5) is 0 Å². The molecule has 3 fully saturated rings. The fourth-order valence-corrected chi connectivity index (χ4v) is 5.44. The number of allylic oxidation sites excluding steroid dienone is 3. The van der Waals surface area contributed by atoms with E-state index in [2.05, 4.69) is 32.6 Å². The van der Waals surface area contributed by atoms with Gasteiger partial charge in [-0.25, -0.2) is 0 Å². The van der Waals surface area contributed by atoms with Crippen molar-refractivity contribution < 1.29 is 10.2 Å². The van der Waals surface area contributed by atoms with Crippen LogP contribution in [0.3, 0.4) is 0 Å². The second-order valence-corrected chi connectivity index (χ2v) is 8.18. The lowest BCUT2D eigenvalue weighted by Gasteiger charge is -2.42. The Morgan fingerprint density at radius 1 is 1.17 bits per heavy atom. The fraction of sp³-hybridized carbons (Fsp3) is 0.714. The normalized spacial score (nSPS) is 42.9. The molecule has 3 aliphatic carbocycles. The molecular formula is C21H32O2. The van der Waals surface area contributed by atoms with Crippen LogP contribution in [0.15, 0.2) is 35.5 Å². The molecule has 5 atom stereocenters. The highest BCUT2D eigenvalue weighted by Gasteiger charge is 2.48. The van der Waals surface area contributed by atoms with Crippen LogP contribution in [-0.4, -0.2) is 22.4 Å². The topological polar surface area (TPSA) is 40.5 Å². The number of fused-ring (bicyclic) bond motifs is 1. The van der Waals surface area contributed by atoms with Crippen molar-refractivity contribution in [1.82, 2.24) is 0 Å². The van der Waals surface area contributed by atoms with Gasteiger partial charge in [0.05, 0.1) is 12.2 Å². The monoisotopic (exact) mass is 316 g/mol. The van der Waals surface area contributed by atoms with Crippen molar-refractivity contribution in [1.29, 1.82) is 0 Å². The summed E-state index contributed by atoms with van der Waals surface area (Å²) in [4.78, 5) is 0. The fourth-order valence-electron chi connectivity index (χ4n) is 5.44. The zero-order valence-electron chi connectivity index (χ0n) is 14.7. The van der Waals surface area contributed by atoms with Crippen molar-refractivity contribution in [3.63, 3.8) is 0 Å². The Morgan fingerprint density at radius 3 is 2.52 bits per heavy atom. The summed E-state index contributed by atoms with van der Waals surface area (Å²) >= 11 is 0. The quantitative estimate of drug-likeness (QED) is 0.734. The summed E-state index contributed by atoms with van der Waals surface area (Å²) in [6.07, 6.45) is 12.5. The van der Waals surface area contributed by atoms with E-state index in [-0.39, 0.29) is 0 Å². The van der Waals surface area contributed by atoms with Gasteiger partial charge in [-0.2, -0.15) is 0 Å². The van der Waals surface area contributed by atoms with Crippen molar-refractivity contribution in [2.24, 2.45) is 17.3 Å². The van der Waals surface area contributed by atoms with Crippen LogP contribution < -0.4 is 0 Å². The standard InChI is InChI=1S/C21H32O2/c1-4-17-9-10-18-16(6-5-11-21(17,18)3)8-7-15-12-19(22)14(2)20(23)13-15/h7-8,17-20,22-23H,2,4-6,9-13H2,1,3H3/b16-8+/t17?,18?,19-,20-,21-/m1/s1. The molecule has 0 bridgehead atoms. The third kappa shape index (κ3) is 3.08. The van der Waals surface area contributed by atoms with Gasteiger partial charge in [-0.15, -0.1) is 0 Å². The van der Waals surface area contributed by atoms with Gasteiger partial charge in [0.2, 0.25) is 0 Å². The molecule has 2 N–H and O–H groups in total. The minimum Gasteiger partial charge on any atom is -0.388 e. The molecule has 0 aromatic carbocycles. The van der Waals surface area contributed by atoms with E-state index in [0.717, 1.165) is 17.4 Å². The van der Waals surface area contributed by atoms with E-state index in [1.54, 1.807) is 5.57 Å². The Hall–Kier alpha value is -0.860. The molecule has 0 aliphatic heterocycles. The predicted molar refractivity (Wildman–Crippen MR) is 95.0 cm³/mol. The van der Waals surface area contributed by atoms with E-state index in [0.29, 0.717) is 23.8 Å². The molecule has 2 heteroatoms. The van der Waals surface area contributed by atoms with Crippen molar-refractivity contribution in [3.05, 3.63) is 35.5 Å². The Labute approximate surface area is 141 Å². The summed E-state index contributed by atoms with van der Waals surface area (Å²) in [5.74, 6) is 1.62. The smallest absolute Gasteiger partial charge is 0.0809 e. The molecule has 0 aromatic rings. The highest BCUT2D eigenvalue weighted by molar-refractivity contribution is 5.29. The first-order chi connectivity index (χ1) is 11.0. The Morgan fingerprint density at radius 2 is 1.87 bits per heavy atom. The molecule has 3 saturated carbocycles. The molecule has 0 aromatic heterocycles. The summed E-state index contributed by atoms with van der Waals surface area (Å²) in [5, 5.41) is 20.0. The number of aliphatic hydroxyl groups excluding tert-OH is 2. The van der Waals surface area contributed by atoms with Crippen LogP contribution >= 0.6 is 0 Å². The SMILES string of the molecule is C=C1[C@H](O)CC(=C/C=C2\CCC[C@]3(C)C(CC)CCC23)C[C@H]1O. The van der Waals surface area contributed by atoms with Crippen LogP contribution in [0.1, 0.15) is 65.2 Å². The van der Waals surface area contributed by atoms with E-state index < -0.39 is 12.2 Å². The molecule has 128 valence electrons. The van der Waals surface area contributed by atoms with Gasteiger partial charge in [0.15, 0.2) is 0 Å². The zero-order chi connectivity index (χ0) is 16.6. The van der Waals surface area contributed by atoms with Gasteiger partial charge in [0.1, 0.15) is 0 Å². The first-order valence-corrected chi connectivity index (χ1v) is 9.39. The molecule has 0 spiro atoms. The number of hydrogen-bond acceptors (Lipinski definition) is 2. The highest BCUT2D eigenvalue weighted by atomic mass is 16.3. The molecule has 0 saturated heterocycles. The van der Waals surface area contributed by atoms with Gasteiger partial charge in [-0.1, -0.05) is 50.1 Å². The molecular weight excluding hydrogens is 284 g/mol. The van der Waals surface area contributed by atoms with Gasteiger partial charge >= 0.3 is 0 Å².